The maximum Gasteiger partial charge on any atom is 0.411 e. The summed E-state index contributed by atoms with van der Waals surface area (Å²) in [5.74, 6) is 1.35. The van der Waals surface area contributed by atoms with Crippen molar-refractivity contribution in [2.45, 2.75) is 46.6 Å². The SMILES string of the molecule is CCCc1cc(NC(=O)OC(C)C)cc(OC)c1OCC. The molecule has 0 heterocycles. The summed E-state index contributed by atoms with van der Waals surface area (Å²) in [7, 11) is 1.59. The van der Waals surface area contributed by atoms with Gasteiger partial charge in [-0.15, -0.1) is 0 Å². The van der Waals surface area contributed by atoms with E-state index in [-0.39, 0.29) is 6.10 Å². The number of rotatable bonds is 7. The van der Waals surface area contributed by atoms with Gasteiger partial charge in [-0.05, 0) is 33.3 Å². The van der Waals surface area contributed by atoms with Crippen molar-refractivity contribution >= 4 is 11.8 Å². The molecule has 1 amide bonds. The van der Waals surface area contributed by atoms with Crippen LogP contribution in [0, 0.1) is 0 Å². The largest absolute Gasteiger partial charge is 0.493 e. The lowest BCUT2D eigenvalue weighted by Crippen LogP contribution is -2.18. The minimum Gasteiger partial charge on any atom is -0.493 e. The molecule has 0 atom stereocenters. The predicted molar refractivity (Wildman–Crippen MR) is 83.4 cm³/mol. The van der Waals surface area contributed by atoms with Gasteiger partial charge in [0, 0.05) is 17.3 Å². The predicted octanol–water partition coefficient (Wildman–Crippen LogP) is 4.00. The van der Waals surface area contributed by atoms with Crippen LogP contribution in [0.15, 0.2) is 12.1 Å². The summed E-state index contributed by atoms with van der Waals surface area (Å²) in [5.41, 5.74) is 1.66. The second-order valence-electron chi connectivity index (χ2n) is 4.93. The van der Waals surface area contributed by atoms with Crippen LogP contribution in [0.1, 0.15) is 39.7 Å². The first-order valence-electron chi connectivity index (χ1n) is 7.33. The Kier molecular flexibility index (Phi) is 6.85. The first kappa shape index (κ1) is 17.1. The maximum absolute atomic E-state index is 11.7. The number of hydrogen-bond acceptors (Lipinski definition) is 4. The average molecular weight is 295 g/mol. The van der Waals surface area contributed by atoms with Crippen molar-refractivity contribution in [1.82, 2.24) is 0 Å². The van der Waals surface area contributed by atoms with Crippen LogP contribution in [0.3, 0.4) is 0 Å². The summed E-state index contributed by atoms with van der Waals surface area (Å²) >= 11 is 0. The molecule has 0 aliphatic rings. The molecular weight excluding hydrogens is 270 g/mol. The molecule has 0 bridgehead atoms. The molecule has 0 saturated carbocycles. The van der Waals surface area contributed by atoms with Gasteiger partial charge in [-0.25, -0.2) is 4.79 Å². The Labute approximate surface area is 126 Å². The number of hydrogen-bond donors (Lipinski definition) is 1. The van der Waals surface area contributed by atoms with Gasteiger partial charge in [-0.1, -0.05) is 13.3 Å². The van der Waals surface area contributed by atoms with Gasteiger partial charge in [0.05, 0.1) is 19.8 Å². The number of benzene rings is 1. The monoisotopic (exact) mass is 295 g/mol. The summed E-state index contributed by atoms with van der Waals surface area (Å²) in [5, 5.41) is 2.72. The molecule has 5 nitrogen and oxygen atoms in total. The fourth-order valence-corrected chi connectivity index (χ4v) is 2.01. The Morgan fingerprint density at radius 2 is 2.00 bits per heavy atom. The van der Waals surface area contributed by atoms with E-state index < -0.39 is 6.09 Å². The van der Waals surface area contributed by atoms with Gasteiger partial charge >= 0.3 is 6.09 Å². The summed E-state index contributed by atoms with van der Waals surface area (Å²) < 4.78 is 16.1. The molecule has 1 aromatic rings. The molecule has 0 aromatic heterocycles. The van der Waals surface area contributed by atoms with Gasteiger partial charge in [0.1, 0.15) is 0 Å². The van der Waals surface area contributed by atoms with E-state index in [2.05, 4.69) is 12.2 Å². The standard InChI is InChI=1S/C16H25NO4/c1-6-8-12-9-13(17-16(18)21-11(3)4)10-14(19-5)15(12)20-7-2/h9-11H,6-8H2,1-5H3,(H,17,18). The van der Waals surface area contributed by atoms with Crippen molar-refractivity contribution in [1.29, 1.82) is 0 Å². The number of carbonyl (C=O) groups is 1. The third-order valence-electron chi connectivity index (χ3n) is 2.75. The minimum atomic E-state index is -0.473. The molecule has 21 heavy (non-hydrogen) atoms. The fourth-order valence-electron chi connectivity index (χ4n) is 2.01. The Balaban J connectivity index is 3.05. The molecule has 0 unspecified atom stereocenters. The molecule has 1 aromatic carbocycles. The first-order chi connectivity index (χ1) is 10.0. The topological polar surface area (TPSA) is 56.8 Å². The molecule has 1 rings (SSSR count). The van der Waals surface area contributed by atoms with E-state index in [4.69, 9.17) is 14.2 Å². The van der Waals surface area contributed by atoms with E-state index in [0.717, 1.165) is 24.2 Å². The number of methoxy groups -OCH3 is 1. The molecular formula is C16H25NO4. The number of nitrogens with one attached hydrogen (secondary N) is 1. The van der Waals surface area contributed by atoms with Crippen LogP contribution in [-0.2, 0) is 11.2 Å². The van der Waals surface area contributed by atoms with Crippen LogP contribution in [0.25, 0.3) is 0 Å². The van der Waals surface area contributed by atoms with Crippen molar-refractivity contribution in [3.8, 4) is 11.5 Å². The summed E-state index contributed by atoms with van der Waals surface area (Å²) in [6, 6.07) is 3.64. The second-order valence-corrected chi connectivity index (χ2v) is 4.93. The van der Waals surface area contributed by atoms with E-state index in [1.54, 1.807) is 27.0 Å². The quantitative estimate of drug-likeness (QED) is 0.826. The van der Waals surface area contributed by atoms with Crippen molar-refractivity contribution in [2.24, 2.45) is 0 Å². The third kappa shape index (κ3) is 5.17. The molecule has 0 spiro atoms. The van der Waals surface area contributed by atoms with Gasteiger partial charge in [-0.3, -0.25) is 5.32 Å². The van der Waals surface area contributed by atoms with Crippen LogP contribution in [-0.4, -0.2) is 25.9 Å². The highest BCUT2D eigenvalue weighted by Crippen LogP contribution is 2.35. The Hall–Kier alpha value is -1.91. The normalized spacial score (nSPS) is 10.4. The van der Waals surface area contributed by atoms with Crippen LogP contribution in [0.2, 0.25) is 0 Å². The molecule has 0 aliphatic carbocycles. The lowest BCUT2D eigenvalue weighted by atomic mass is 10.1. The number of aryl methyl sites for hydroxylation is 1. The van der Waals surface area contributed by atoms with Crippen LogP contribution < -0.4 is 14.8 Å². The Morgan fingerprint density at radius 1 is 1.29 bits per heavy atom. The van der Waals surface area contributed by atoms with Crippen molar-refractivity contribution < 1.29 is 19.0 Å². The van der Waals surface area contributed by atoms with Gasteiger partial charge in [-0.2, -0.15) is 0 Å². The second kappa shape index (κ2) is 8.39. The molecule has 0 fully saturated rings. The highest BCUT2D eigenvalue weighted by Gasteiger charge is 2.14. The van der Waals surface area contributed by atoms with E-state index in [1.807, 2.05) is 13.0 Å². The van der Waals surface area contributed by atoms with E-state index in [9.17, 15) is 4.79 Å². The number of amides is 1. The minimum absolute atomic E-state index is 0.162. The number of ether oxygens (including phenoxy) is 3. The first-order valence-corrected chi connectivity index (χ1v) is 7.33. The zero-order valence-electron chi connectivity index (χ0n) is 13.5. The van der Waals surface area contributed by atoms with Gasteiger partial charge < -0.3 is 14.2 Å². The zero-order valence-corrected chi connectivity index (χ0v) is 13.5. The molecule has 0 saturated heterocycles. The molecule has 1 N–H and O–H groups in total. The molecule has 118 valence electrons. The van der Waals surface area contributed by atoms with Gasteiger partial charge in [0.25, 0.3) is 0 Å². The third-order valence-corrected chi connectivity index (χ3v) is 2.75. The van der Waals surface area contributed by atoms with E-state index in [1.165, 1.54) is 0 Å². The molecule has 5 heteroatoms. The van der Waals surface area contributed by atoms with E-state index in [0.29, 0.717) is 18.0 Å². The Bertz CT molecular complexity index is 472. The highest BCUT2D eigenvalue weighted by atomic mass is 16.6. The van der Waals surface area contributed by atoms with Crippen molar-refractivity contribution in [3.05, 3.63) is 17.7 Å². The maximum atomic E-state index is 11.7. The van der Waals surface area contributed by atoms with Gasteiger partial charge in [0.15, 0.2) is 11.5 Å². The van der Waals surface area contributed by atoms with Crippen LogP contribution >= 0.6 is 0 Å². The van der Waals surface area contributed by atoms with Gasteiger partial charge in [0.2, 0.25) is 0 Å². The summed E-state index contributed by atoms with van der Waals surface area (Å²) in [6.07, 6.45) is 1.19. The number of carbonyl (C=O) groups excluding carboxylic acids is 1. The smallest absolute Gasteiger partial charge is 0.411 e. The fraction of sp³-hybridized carbons (Fsp3) is 0.562. The van der Waals surface area contributed by atoms with Crippen LogP contribution in [0.4, 0.5) is 10.5 Å². The van der Waals surface area contributed by atoms with Crippen molar-refractivity contribution in [2.75, 3.05) is 19.0 Å². The van der Waals surface area contributed by atoms with Crippen molar-refractivity contribution in [3.63, 3.8) is 0 Å². The van der Waals surface area contributed by atoms with Crippen LogP contribution in [0.5, 0.6) is 11.5 Å². The molecule has 0 aliphatic heterocycles. The lowest BCUT2D eigenvalue weighted by molar-refractivity contribution is 0.130. The zero-order chi connectivity index (χ0) is 15.8. The summed E-state index contributed by atoms with van der Waals surface area (Å²) in [4.78, 5) is 11.7. The summed E-state index contributed by atoms with van der Waals surface area (Å²) in [6.45, 7) is 8.20. The number of anilines is 1. The average Bonchev–Trinajstić information content (AvgIpc) is 2.40. The lowest BCUT2D eigenvalue weighted by Gasteiger charge is -2.17. The van der Waals surface area contributed by atoms with E-state index >= 15 is 0 Å². The Morgan fingerprint density at radius 3 is 2.52 bits per heavy atom. The molecule has 0 radical (unpaired) electrons. The highest BCUT2D eigenvalue weighted by molar-refractivity contribution is 5.85.